The topological polar surface area (TPSA) is 78.3 Å². The highest BCUT2D eigenvalue weighted by molar-refractivity contribution is 6.41. The van der Waals surface area contributed by atoms with E-state index in [2.05, 4.69) is 17.2 Å². The smallest absolute Gasteiger partial charge is 0.260 e. The number of hydrogen-bond acceptors (Lipinski definition) is 6. The van der Waals surface area contributed by atoms with Gasteiger partial charge in [0.05, 0.1) is 29.8 Å². The molecule has 0 fully saturated rings. The Morgan fingerprint density at radius 2 is 1.54 bits per heavy atom. The highest BCUT2D eigenvalue weighted by atomic mass is 35.5. The zero-order valence-corrected chi connectivity index (χ0v) is 23.1. The fourth-order valence-electron chi connectivity index (χ4n) is 4.50. The molecule has 198 valence electrons. The summed E-state index contributed by atoms with van der Waals surface area (Å²) in [5, 5.41) is 4.29. The van der Waals surface area contributed by atoms with E-state index in [-0.39, 0.29) is 21.5 Å². The SMILES string of the molecule is COc1cc(OC)c(Cl)c(-c2cc3cnc(Nc4ccccc4)nc3n(CC(C)c3ccccc3)c2=O)c1Cl. The van der Waals surface area contributed by atoms with E-state index < -0.39 is 0 Å². The summed E-state index contributed by atoms with van der Waals surface area (Å²) < 4.78 is 12.5. The molecule has 0 aliphatic carbocycles. The maximum absolute atomic E-state index is 14.2. The first-order chi connectivity index (χ1) is 18.9. The molecule has 5 rings (SSSR count). The van der Waals surface area contributed by atoms with Crippen LogP contribution in [0.2, 0.25) is 10.0 Å². The van der Waals surface area contributed by atoms with E-state index >= 15 is 0 Å². The normalized spacial score (nSPS) is 11.8. The first kappa shape index (κ1) is 26.5. The molecule has 0 saturated carbocycles. The number of rotatable bonds is 8. The molecule has 9 heteroatoms. The maximum Gasteiger partial charge on any atom is 0.260 e. The summed E-state index contributed by atoms with van der Waals surface area (Å²) in [5.74, 6) is 1.07. The van der Waals surface area contributed by atoms with E-state index in [4.69, 9.17) is 37.7 Å². The second-order valence-corrected chi connectivity index (χ2v) is 9.79. The highest BCUT2D eigenvalue weighted by Crippen LogP contribution is 2.45. The Labute approximate surface area is 236 Å². The quantitative estimate of drug-likeness (QED) is 0.214. The first-order valence-electron chi connectivity index (χ1n) is 12.3. The standard InChI is InChI=1S/C30H26Cl2N4O3/c1-18(19-10-6-4-7-11-19)17-36-28-20(16-33-30(35-28)34-21-12-8-5-9-13-21)14-22(29(36)37)25-26(31)23(38-2)15-24(39-3)27(25)32/h4-16,18H,17H2,1-3H3,(H,33,34,35). The molecule has 0 aliphatic rings. The lowest BCUT2D eigenvalue weighted by molar-refractivity contribution is 0.395. The van der Waals surface area contributed by atoms with Crippen molar-refractivity contribution in [3.8, 4) is 22.6 Å². The van der Waals surface area contributed by atoms with Crippen LogP contribution in [0.3, 0.4) is 0 Å². The summed E-state index contributed by atoms with van der Waals surface area (Å²) in [6.45, 7) is 2.43. The number of para-hydroxylation sites is 1. The zero-order chi connectivity index (χ0) is 27.5. The molecule has 0 radical (unpaired) electrons. The van der Waals surface area contributed by atoms with Crippen molar-refractivity contribution in [2.45, 2.75) is 19.4 Å². The van der Waals surface area contributed by atoms with Gasteiger partial charge >= 0.3 is 0 Å². The van der Waals surface area contributed by atoms with Crippen molar-refractivity contribution in [2.75, 3.05) is 19.5 Å². The number of ether oxygens (including phenoxy) is 2. The van der Waals surface area contributed by atoms with Crippen molar-refractivity contribution in [2.24, 2.45) is 0 Å². The molecular formula is C30H26Cl2N4O3. The van der Waals surface area contributed by atoms with Crippen LogP contribution in [-0.4, -0.2) is 28.8 Å². The van der Waals surface area contributed by atoms with Crippen LogP contribution in [0.5, 0.6) is 11.5 Å². The Hall–Kier alpha value is -4.07. The van der Waals surface area contributed by atoms with Gasteiger partial charge in [-0.25, -0.2) is 4.98 Å². The van der Waals surface area contributed by atoms with Crippen molar-refractivity contribution in [3.05, 3.63) is 105 Å². The van der Waals surface area contributed by atoms with Crippen molar-refractivity contribution >= 4 is 45.9 Å². The molecule has 3 aromatic carbocycles. The Morgan fingerprint density at radius 1 is 0.923 bits per heavy atom. The van der Waals surface area contributed by atoms with Gasteiger partial charge in [0, 0.05) is 35.4 Å². The third kappa shape index (κ3) is 5.28. The lowest BCUT2D eigenvalue weighted by atomic mass is 10.0. The lowest BCUT2D eigenvalue weighted by Gasteiger charge is -2.19. The Balaban J connectivity index is 1.73. The number of aromatic nitrogens is 3. The molecule has 1 atom stereocenters. The minimum absolute atomic E-state index is 0.00800. The van der Waals surface area contributed by atoms with Gasteiger partial charge in [-0.15, -0.1) is 0 Å². The summed E-state index contributed by atoms with van der Waals surface area (Å²) in [6.07, 6.45) is 1.68. The number of halogens is 2. The minimum atomic E-state index is -0.297. The van der Waals surface area contributed by atoms with Gasteiger partial charge in [-0.05, 0) is 29.7 Å². The molecule has 2 heterocycles. The minimum Gasteiger partial charge on any atom is -0.495 e. The van der Waals surface area contributed by atoms with E-state index in [1.54, 1.807) is 22.9 Å². The third-order valence-corrected chi connectivity index (χ3v) is 7.28. The van der Waals surface area contributed by atoms with Crippen LogP contribution >= 0.6 is 23.2 Å². The van der Waals surface area contributed by atoms with Gasteiger partial charge < -0.3 is 14.8 Å². The molecule has 5 aromatic rings. The maximum atomic E-state index is 14.2. The van der Waals surface area contributed by atoms with Crippen molar-refractivity contribution in [1.29, 1.82) is 0 Å². The number of nitrogens with zero attached hydrogens (tertiary/aromatic N) is 3. The Morgan fingerprint density at radius 3 is 2.15 bits per heavy atom. The molecule has 7 nitrogen and oxygen atoms in total. The molecule has 0 aliphatic heterocycles. The van der Waals surface area contributed by atoms with Crippen molar-refractivity contribution in [1.82, 2.24) is 14.5 Å². The van der Waals surface area contributed by atoms with Crippen LogP contribution < -0.4 is 20.3 Å². The molecule has 0 bridgehead atoms. The summed E-state index contributed by atoms with van der Waals surface area (Å²) in [6, 6.07) is 22.9. The average molecular weight is 561 g/mol. The van der Waals surface area contributed by atoms with Crippen LogP contribution in [0.15, 0.2) is 83.8 Å². The van der Waals surface area contributed by atoms with E-state index in [0.717, 1.165) is 11.3 Å². The predicted octanol–water partition coefficient (Wildman–Crippen LogP) is 7.33. The first-order valence-corrected chi connectivity index (χ1v) is 13.0. The second-order valence-electron chi connectivity index (χ2n) is 9.03. The van der Waals surface area contributed by atoms with Gasteiger partial charge in [0.2, 0.25) is 5.95 Å². The zero-order valence-electron chi connectivity index (χ0n) is 21.6. The lowest BCUT2D eigenvalue weighted by Crippen LogP contribution is -2.25. The van der Waals surface area contributed by atoms with Crippen LogP contribution in [0.1, 0.15) is 18.4 Å². The third-order valence-electron chi connectivity index (χ3n) is 6.52. The van der Waals surface area contributed by atoms with Gasteiger partial charge in [-0.1, -0.05) is 78.7 Å². The molecule has 2 aromatic heterocycles. The fraction of sp³-hybridized carbons (Fsp3) is 0.167. The number of nitrogens with one attached hydrogen (secondary N) is 1. The van der Waals surface area contributed by atoms with Crippen LogP contribution in [-0.2, 0) is 6.54 Å². The van der Waals surface area contributed by atoms with Crippen LogP contribution in [0.25, 0.3) is 22.2 Å². The van der Waals surface area contributed by atoms with Gasteiger partial charge in [-0.2, -0.15) is 4.98 Å². The number of fused-ring (bicyclic) bond motifs is 1. The Bertz CT molecular complexity index is 1660. The molecular weight excluding hydrogens is 535 g/mol. The fourth-order valence-corrected chi connectivity index (χ4v) is 5.21. The second kappa shape index (κ2) is 11.4. The molecule has 1 N–H and O–H groups in total. The number of methoxy groups -OCH3 is 2. The largest absolute Gasteiger partial charge is 0.495 e. The van der Waals surface area contributed by atoms with Crippen molar-refractivity contribution < 1.29 is 9.47 Å². The van der Waals surface area contributed by atoms with E-state index in [0.29, 0.717) is 46.2 Å². The van der Waals surface area contributed by atoms with Gasteiger partial charge in [0.25, 0.3) is 5.56 Å². The number of hydrogen-bond donors (Lipinski definition) is 1. The van der Waals surface area contributed by atoms with Crippen molar-refractivity contribution in [3.63, 3.8) is 0 Å². The van der Waals surface area contributed by atoms with Crippen LogP contribution in [0.4, 0.5) is 11.6 Å². The monoisotopic (exact) mass is 560 g/mol. The van der Waals surface area contributed by atoms with Gasteiger partial charge in [0.15, 0.2) is 0 Å². The van der Waals surface area contributed by atoms with E-state index in [1.165, 1.54) is 14.2 Å². The predicted molar refractivity (Wildman–Crippen MR) is 157 cm³/mol. The van der Waals surface area contributed by atoms with E-state index in [9.17, 15) is 4.79 Å². The number of pyridine rings is 1. The molecule has 0 amide bonds. The van der Waals surface area contributed by atoms with Gasteiger partial charge in [0.1, 0.15) is 17.1 Å². The molecule has 0 spiro atoms. The summed E-state index contributed by atoms with van der Waals surface area (Å²) >= 11 is 13.4. The number of anilines is 2. The summed E-state index contributed by atoms with van der Waals surface area (Å²) in [7, 11) is 2.99. The summed E-state index contributed by atoms with van der Waals surface area (Å²) in [4.78, 5) is 23.5. The average Bonchev–Trinajstić information content (AvgIpc) is 2.96. The highest BCUT2D eigenvalue weighted by Gasteiger charge is 2.24. The summed E-state index contributed by atoms with van der Waals surface area (Å²) in [5.41, 5.74) is 2.74. The molecule has 39 heavy (non-hydrogen) atoms. The van der Waals surface area contributed by atoms with Crippen LogP contribution in [0, 0.1) is 0 Å². The van der Waals surface area contributed by atoms with E-state index in [1.807, 2.05) is 60.7 Å². The van der Waals surface area contributed by atoms with Gasteiger partial charge in [-0.3, -0.25) is 9.36 Å². The molecule has 1 unspecified atom stereocenters. The number of benzene rings is 3. The molecule has 0 saturated heterocycles. The Kier molecular flexibility index (Phi) is 7.72.